The lowest BCUT2D eigenvalue weighted by atomic mass is 10.0. The highest BCUT2D eigenvalue weighted by Gasteiger charge is 2.14. The summed E-state index contributed by atoms with van der Waals surface area (Å²) in [5.41, 5.74) is 0. The lowest BCUT2D eigenvalue weighted by Gasteiger charge is -2.13. The SMILES string of the molecule is CCCCC(NCCCCCCC(C)C)C(=O)O. The number of hydrogen-bond donors (Lipinski definition) is 2. The maximum atomic E-state index is 11.0. The monoisotopic (exact) mass is 257 g/mol. The normalized spacial score (nSPS) is 12.9. The summed E-state index contributed by atoms with van der Waals surface area (Å²) < 4.78 is 0. The van der Waals surface area contributed by atoms with E-state index in [4.69, 9.17) is 5.11 Å². The number of hydrogen-bond acceptors (Lipinski definition) is 2. The van der Waals surface area contributed by atoms with Crippen LogP contribution in [0.15, 0.2) is 0 Å². The first kappa shape index (κ1) is 17.4. The van der Waals surface area contributed by atoms with E-state index in [0.29, 0.717) is 0 Å². The zero-order valence-corrected chi connectivity index (χ0v) is 12.4. The molecule has 0 aromatic heterocycles. The smallest absolute Gasteiger partial charge is 0.320 e. The van der Waals surface area contributed by atoms with Crippen LogP contribution in [0.4, 0.5) is 0 Å². The molecule has 0 radical (unpaired) electrons. The summed E-state index contributed by atoms with van der Waals surface area (Å²) in [7, 11) is 0. The van der Waals surface area contributed by atoms with E-state index in [-0.39, 0.29) is 6.04 Å². The number of aliphatic carboxylic acids is 1. The molecule has 0 heterocycles. The third-order valence-electron chi connectivity index (χ3n) is 3.24. The topological polar surface area (TPSA) is 49.3 Å². The van der Waals surface area contributed by atoms with Gasteiger partial charge >= 0.3 is 5.97 Å². The van der Waals surface area contributed by atoms with Gasteiger partial charge in [0.05, 0.1) is 0 Å². The third kappa shape index (κ3) is 10.6. The number of carbonyl (C=O) groups is 1. The molecule has 0 aromatic carbocycles. The standard InChI is InChI=1S/C15H31NO2/c1-4-5-11-14(15(17)18)16-12-9-7-6-8-10-13(2)3/h13-14,16H,4-12H2,1-3H3,(H,17,18). The predicted octanol–water partition coefficient (Wildman–Crippen LogP) is 3.83. The van der Waals surface area contributed by atoms with Crippen molar-refractivity contribution in [2.75, 3.05) is 6.54 Å². The van der Waals surface area contributed by atoms with Gasteiger partial charge in [0.2, 0.25) is 0 Å². The number of carboxylic acids is 1. The van der Waals surface area contributed by atoms with Crippen molar-refractivity contribution in [1.82, 2.24) is 5.32 Å². The molecule has 0 saturated carbocycles. The highest BCUT2D eigenvalue weighted by Crippen LogP contribution is 2.09. The highest BCUT2D eigenvalue weighted by atomic mass is 16.4. The van der Waals surface area contributed by atoms with Crippen molar-refractivity contribution in [3.8, 4) is 0 Å². The summed E-state index contributed by atoms with van der Waals surface area (Å²) in [4.78, 5) is 11.0. The van der Waals surface area contributed by atoms with E-state index in [1.165, 1.54) is 25.7 Å². The maximum Gasteiger partial charge on any atom is 0.320 e. The van der Waals surface area contributed by atoms with Crippen LogP contribution in [0.3, 0.4) is 0 Å². The molecule has 0 aliphatic heterocycles. The van der Waals surface area contributed by atoms with Crippen LogP contribution in [-0.4, -0.2) is 23.7 Å². The molecule has 0 spiro atoms. The first-order chi connectivity index (χ1) is 8.57. The molecule has 0 rings (SSSR count). The molecular weight excluding hydrogens is 226 g/mol. The van der Waals surface area contributed by atoms with Crippen molar-refractivity contribution >= 4 is 5.97 Å². The highest BCUT2D eigenvalue weighted by molar-refractivity contribution is 5.73. The minimum Gasteiger partial charge on any atom is -0.480 e. The van der Waals surface area contributed by atoms with E-state index in [2.05, 4.69) is 26.1 Å². The summed E-state index contributed by atoms with van der Waals surface area (Å²) in [6.07, 6.45) is 8.97. The van der Waals surface area contributed by atoms with E-state index in [1.54, 1.807) is 0 Å². The first-order valence-electron chi connectivity index (χ1n) is 7.54. The van der Waals surface area contributed by atoms with Gasteiger partial charge in [-0.25, -0.2) is 0 Å². The van der Waals surface area contributed by atoms with Gasteiger partial charge in [-0.1, -0.05) is 59.3 Å². The molecule has 1 atom stereocenters. The fourth-order valence-electron chi connectivity index (χ4n) is 2.03. The van der Waals surface area contributed by atoms with Gasteiger partial charge in [-0.05, 0) is 25.3 Å². The van der Waals surface area contributed by atoms with E-state index in [9.17, 15) is 4.79 Å². The van der Waals surface area contributed by atoms with Crippen molar-refractivity contribution in [2.24, 2.45) is 5.92 Å². The Labute approximate surface area is 112 Å². The molecule has 108 valence electrons. The Bertz CT molecular complexity index is 205. The molecular formula is C15H31NO2. The molecule has 2 N–H and O–H groups in total. The molecule has 0 fully saturated rings. The lowest BCUT2D eigenvalue weighted by molar-refractivity contribution is -0.139. The third-order valence-corrected chi connectivity index (χ3v) is 3.24. The molecule has 3 nitrogen and oxygen atoms in total. The van der Waals surface area contributed by atoms with Crippen LogP contribution in [0.25, 0.3) is 0 Å². The summed E-state index contributed by atoms with van der Waals surface area (Å²) in [6.45, 7) is 7.44. The Morgan fingerprint density at radius 1 is 1.06 bits per heavy atom. The summed E-state index contributed by atoms with van der Waals surface area (Å²) in [5.74, 6) is 0.0943. The van der Waals surface area contributed by atoms with E-state index >= 15 is 0 Å². The minimum absolute atomic E-state index is 0.347. The zero-order valence-electron chi connectivity index (χ0n) is 12.4. The quantitative estimate of drug-likeness (QED) is 0.522. The van der Waals surface area contributed by atoms with Crippen LogP contribution in [-0.2, 0) is 4.79 Å². The molecule has 1 unspecified atom stereocenters. The average molecular weight is 257 g/mol. The van der Waals surface area contributed by atoms with Gasteiger partial charge in [-0.2, -0.15) is 0 Å². The number of unbranched alkanes of at least 4 members (excludes halogenated alkanes) is 4. The molecule has 0 aromatic rings. The van der Waals surface area contributed by atoms with Crippen LogP contribution in [0, 0.1) is 5.92 Å². The van der Waals surface area contributed by atoms with Crippen LogP contribution in [0.2, 0.25) is 0 Å². The summed E-state index contributed by atoms with van der Waals surface area (Å²) in [6, 6.07) is -0.347. The van der Waals surface area contributed by atoms with Gasteiger partial charge in [0.1, 0.15) is 6.04 Å². The molecule has 18 heavy (non-hydrogen) atoms. The van der Waals surface area contributed by atoms with Gasteiger partial charge in [0.15, 0.2) is 0 Å². The van der Waals surface area contributed by atoms with Crippen molar-refractivity contribution in [3.05, 3.63) is 0 Å². The molecule has 0 bridgehead atoms. The van der Waals surface area contributed by atoms with Crippen molar-refractivity contribution in [2.45, 2.75) is 78.2 Å². The van der Waals surface area contributed by atoms with Crippen molar-refractivity contribution in [1.29, 1.82) is 0 Å². The molecule has 0 saturated heterocycles. The van der Waals surface area contributed by atoms with Crippen molar-refractivity contribution < 1.29 is 9.90 Å². The van der Waals surface area contributed by atoms with Crippen LogP contribution in [0.5, 0.6) is 0 Å². The molecule has 0 aliphatic rings. The average Bonchev–Trinajstić information content (AvgIpc) is 2.30. The number of rotatable bonds is 12. The molecule has 0 amide bonds. The largest absolute Gasteiger partial charge is 0.480 e. The number of carboxylic acid groups (broad SMARTS) is 1. The second-order valence-corrected chi connectivity index (χ2v) is 5.58. The molecule has 0 aliphatic carbocycles. The fourth-order valence-corrected chi connectivity index (χ4v) is 2.03. The first-order valence-corrected chi connectivity index (χ1v) is 7.54. The second kappa shape index (κ2) is 11.5. The van der Waals surface area contributed by atoms with Gasteiger partial charge in [0.25, 0.3) is 0 Å². The lowest BCUT2D eigenvalue weighted by Crippen LogP contribution is -2.37. The molecule has 3 heteroatoms. The Morgan fingerprint density at radius 2 is 1.72 bits per heavy atom. The second-order valence-electron chi connectivity index (χ2n) is 5.58. The van der Waals surface area contributed by atoms with Gasteiger partial charge in [-0.3, -0.25) is 4.79 Å². The Morgan fingerprint density at radius 3 is 2.28 bits per heavy atom. The summed E-state index contributed by atoms with van der Waals surface area (Å²) in [5, 5.41) is 12.2. The van der Waals surface area contributed by atoms with Gasteiger partial charge in [-0.15, -0.1) is 0 Å². The Balaban J connectivity index is 3.46. The van der Waals surface area contributed by atoms with E-state index in [0.717, 1.165) is 38.1 Å². The van der Waals surface area contributed by atoms with E-state index in [1.807, 2.05) is 0 Å². The van der Waals surface area contributed by atoms with Crippen LogP contribution in [0.1, 0.15) is 72.1 Å². The zero-order chi connectivity index (χ0) is 13.8. The fraction of sp³-hybridized carbons (Fsp3) is 0.933. The number of nitrogens with one attached hydrogen (secondary N) is 1. The van der Waals surface area contributed by atoms with Crippen LogP contribution >= 0.6 is 0 Å². The van der Waals surface area contributed by atoms with Crippen LogP contribution < -0.4 is 5.32 Å². The van der Waals surface area contributed by atoms with Gasteiger partial charge in [0, 0.05) is 0 Å². The maximum absolute atomic E-state index is 11.0. The Hall–Kier alpha value is -0.570. The summed E-state index contributed by atoms with van der Waals surface area (Å²) >= 11 is 0. The minimum atomic E-state index is -0.705. The Kier molecular flexibility index (Phi) is 11.2. The predicted molar refractivity (Wildman–Crippen MR) is 76.9 cm³/mol. The van der Waals surface area contributed by atoms with E-state index < -0.39 is 5.97 Å². The van der Waals surface area contributed by atoms with Gasteiger partial charge < -0.3 is 10.4 Å². The van der Waals surface area contributed by atoms with Crippen molar-refractivity contribution in [3.63, 3.8) is 0 Å².